The van der Waals surface area contributed by atoms with Gasteiger partial charge in [0, 0.05) is 29.9 Å². The molecule has 0 spiro atoms. The fraction of sp³-hybridized carbons (Fsp3) is 0.429. The van der Waals surface area contributed by atoms with Gasteiger partial charge in [-0.25, -0.2) is 13.1 Å². The number of nitrogens with one attached hydrogen (secondary N) is 1. The van der Waals surface area contributed by atoms with E-state index < -0.39 is 10.0 Å². The van der Waals surface area contributed by atoms with Crippen LogP contribution in [0.1, 0.15) is 61.4 Å². The van der Waals surface area contributed by atoms with Crippen LogP contribution in [-0.4, -0.2) is 23.1 Å². The van der Waals surface area contributed by atoms with E-state index in [2.05, 4.69) is 14.9 Å². The summed E-state index contributed by atoms with van der Waals surface area (Å²) in [6.45, 7) is 8.19. The molecule has 1 aliphatic carbocycles. The Morgan fingerprint density at radius 3 is 2.52 bits per heavy atom. The molecule has 1 atom stereocenters. The van der Waals surface area contributed by atoms with Crippen molar-refractivity contribution in [3.63, 3.8) is 0 Å². The summed E-state index contributed by atoms with van der Waals surface area (Å²) >= 11 is 0. The van der Waals surface area contributed by atoms with Crippen LogP contribution in [0.2, 0.25) is 0 Å². The van der Waals surface area contributed by atoms with Gasteiger partial charge in [0.15, 0.2) is 5.82 Å². The molecule has 2 aromatic heterocycles. The summed E-state index contributed by atoms with van der Waals surface area (Å²) in [6.07, 6.45) is 2.10. The molecule has 0 aliphatic heterocycles. The highest BCUT2D eigenvalue weighted by atomic mass is 32.2. The highest BCUT2D eigenvalue weighted by molar-refractivity contribution is 7.89. The standard InChI is InChI=1S/C21H26N4O3S/c1-5-25-14(3)18(21-22-20(23-28-21)17-11-12-17)19(15(25)4)29(26,27)24-13(2)16-9-7-6-8-10-16/h6-10,13,17,24H,5,11-12H2,1-4H3/t13-/m0/s1. The molecule has 8 heteroatoms. The average molecular weight is 415 g/mol. The number of hydrogen-bond acceptors (Lipinski definition) is 5. The number of sulfonamides is 1. The fourth-order valence-electron chi connectivity index (χ4n) is 3.85. The molecule has 0 bridgehead atoms. The van der Waals surface area contributed by atoms with Crippen molar-refractivity contribution in [1.82, 2.24) is 19.4 Å². The highest BCUT2D eigenvalue weighted by Crippen LogP contribution is 2.41. The molecule has 1 N–H and O–H groups in total. The molecule has 0 radical (unpaired) electrons. The Hall–Kier alpha value is -2.45. The van der Waals surface area contributed by atoms with Gasteiger partial charge in [0.1, 0.15) is 4.90 Å². The van der Waals surface area contributed by atoms with Crippen molar-refractivity contribution in [2.45, 2.75) is 63.9 Å². The molecular formula is C21H26N4O3S. The Kier molecular flexibility index (Phi) is 5.08. The highest BCUT2D eigenvalue weighted by Gasteiger charge is 2.34. The summed E-state index contributed by atoms with van der Waals surface area (Å²) in [5.41, 5.74) is 2.87. The summed E-state index contributed by atoms with van der Waals surface area (Å²) in [5, 5.41) is 4.08. The van der Waals surface area contributed by atoms with Gasteiger partial charge < -0.3 is 9.09 Å². The topological polar surface area (TPSA) is 90.0 Å². The normalized spacial score (nSPS) is 15.6. The number of nitrogens with zero attached hydrogens (tertiary/aromatic N) is 3. The number of benzene rings is 1. The maximum atomic E-state index is 13.5. The molecule has 3 aromatic rings. The second-order valence-corrected chi connectivity index (χ2v) is 9.26. The van der Waals surface area contributed by atoms with E-state index in [0.29, 0.717) is 29.5 Å². The van der Waals surface area contributed by atoms with Crippen molar-refractivity contribution in [1.29, 1.82) is 0 Å². The van der Waals surface area contributed by atoms with Crippen LogP contribution >= 0.6 is 0 Å². The van der Waals surface area contributed by atoms with Crippen LogP contribution in [0.4, 0.5) is 0 Å². The van der Waals surface area contributed by atoms with E-state index in [9.17, 15) is 8.42 Å². The van der Waals surface area contributed by atoms with Crippen molar-refractivity contribution in [3.05, 3.63) is 53.1 Å². The third kappa shape index (κ3) is 3.62. The lowest BCUT2D eigenvalue weighted by Gasteiger charge is -2.15. The Bertz CT molecular complexity index is 1130. The Morgan fingerprint density at radius 1 is 1.21 bits per heavy atom. The summed E-state index contributed by atoms with van der Waals surface area (Å²) in [6, 6.07) is 9.14. The van der Waals surface area contributed by atoms with Crippen LogP contribution in [0, 0.1) is 13.8 Å². The SMILES string of the molecule is CCn1c(C)c(-c2nc(C3CC3)no2)c(S(=O)(=O)N[C@@H](C)c2ccccc2)c1C. The van der Waals surface area contributed by atoms with Crippen LogP contribution in [-0.2, 0) is 16.6 Å². The molecule has 0 amide bonds. The van der Waals surface area contributed by atoms with Crippen LogP contribution < -0.4 is 4.72 Å². The van der Waals surface area contributed by atoms with E-state index in [1.807, 2.05) is 62.6 Å². The van der Waals surface area contributed by atoms with Gasteiger partial charge in [0.2, 0.25) is 10.0 Å². The quantitative estimate of drug-likeness (QED) is 0.629. The molecule has 1 aliphatic rings. The first kappa shape index (κ1) is 19.8. The van der Waals surface area contributed by atoms with E-state index >= 15 is 0 Å². The van der Waals surface area contributed by atoms with E-state index in [-0.39, 0.29) is 16.8 Å². The largest absolute Gasteiger partial charge is 0.347 e. The third-order valence-corrected chi connectivity index (χ3v) is 7.24. The lowest BCUT2D eigenvalue weighted by Crippen LogP contribution is -2.27. The van der Waals surface area contributed by atoms with Crippen LogP contribution in [0.25, 0.3) is 11.5 Å². The molecule has 1 aromatic carbocycles. The van der Waals surface area contributed by atoms with Gasteiger partial charge >= 0.3 is 0 Å². The van der Waals surface area contributed by atoms with Crippen molar-refractivity contribution in [2.75, 3.05) is 0 Å². The molecule has 2 heterocycles. The minimum absolute atomic E-state index is 0.214. The molecule has 0 saturated heterocycles. The van der Waals surface area contributed by atoms with E-state index in [4.69, 9.17) is 4.52 Å². The van der Waals surface area contributed by atoms with Gasteiger partial charge in [-0.15, -0.1) is 0 Å². The van der Waals surface area contributed by atoms with Gasteiger partial charge in [-0.2, -0.15) is 4.98 Å². The molecule has 4 rings (SSSR count). The summed E-state index contributed by atoms with van der Waals surface area (Å²) in [7, 11) is -3.82. The fourth-order valence-corrected chi connectivity index (χ4v) is 5.58. The average Bonchev–Trinajstić information content (AvgIpc) is 3.37. The lowest BCUT2D eigenvalue weighted by molar-refractivity contribution is 0.421. The minimum Gasteiger partial charge on any atom is -0.347 e. The van der Waals surface area contributed by atoms with E-state index in [1.165, 1.54) is 0 Å². The monoisotopic (exact) mass is 414 g/mol. The smallest absolute Gasteiger partial charge is 0.261 e. The van der Waals surface area contributed by atoms with E-state index in [0.717, 1.165) is 24.1 Å². The van der Waals surface area contributed by atoms with Gasteiger partial charge in [0.05, 0.1) is 5.56 Å². The van der Waals surface area contributed by atoms with Gasteiger partial charge in [0.25, 0.3) is 5.89 Å². The van der Waals surface area contributed by atoms with Crippen LogP contribution in [0.3, 0.4) is 0 Å². The molecule has 154 valence electrons. The van der Waals surface area contributed by atoms with Crippen LogP contribution in [0.5, 0.6) is 0 Å². The van der Waals surface area contributed by atoms with Gasteiger partial charge in [-0.3, -0.25) is 0 Å². The zero-order valence-corrected chi connectivity index (χ0v) is 18.0. The first-order chi connectivity index (χ1) is 13.8. The first-order valence-electron chi connectivity index (χ1n) is 9.94. The number of rotatable bonds is 7. The first-order valence-corrected chi connectivity index (χ1v) is 11.4. The summed E-state index contributed by atoms with van der Waals surface area (Å²) < 4.78 is 37.2. The molecule has 1 fully saturated rings. The van der Waals surface area contributed by atoms with Crippen molar-refractivity contribution >= 4 is 10.0 Å². The zero-order valence-electron chi connectivity index (χ0n) is 17.1. The van der Waals surface area contributed by atoms with Gasteiger partial charge in [-0.05, 0) is 46.1 Å². The Morgan fingerprint density at radius 2 is 1.90 bits per heavy atom. The number of hydrogen-bond donors (Lipinski definition) is 1. The lowest BCUT2D eigenvalue weighted by atomic mass is 10.1. The van der Waals surface area contributed by atoms with Crippen molar-refractivity contribution in [2.24, 2.45) is 0 Å². The predicted molar refractivity (Wildman–Crippen MR) is 110 cm³/mol. The van der Waals surface area contributed by atoms with E-state index in [1.54, 1.807) is 0 Å². The van der Waals surface area contributed by atoms with Crippen molar-refractivity contribution in [3.8, 4) is 11.5 Å². The second kappa shape index (κ2) is 7.42. The molecule has 29 heavy (non-hydrogen) atoms. The minimum atomic E-state index is -3.82. The second-order valence-electron chi connectivity index (χ2n) is 7.60. The molecule has 7 nitrogen and oxygen atoms in total. The maximum absolute atomic E-state index is 13.5. The predicted octanol–water partition coefficient (Wildman–Crippen LogP) is 4.09. The maximum Gasteiger partial charge on any atom is 0.261 e. The molecule has 1 saturated carbocycles. The summed E-state index contributed by atoms with van der Waals surface area (Å²) in [4.78, 5) is 4.73. The number of aromatic nitrogens is 3. The van der Waals surface area contributed by atoms with Crippen LogP contribution in [0.15, 0.2) is 39.8 Å². The zero-order chi connectivity index (χ0) is 20.8. The molecular weight excluding hydrogens is 388 g/mol. The molecule has 0 unspecified atom stereocenters. The van der Waals surface area contributed by atoms with Crippen molar-refractivity contribution < 1.29 is 12.9 Å². The van der Waals surface area contributed by atoms with Gasteiger partial charge in [-0.1, -0.05) is 35.5 Å². The summed E-state index contributed by atoms with van der Waals surface area (Å²) in [5.74, 6) is 1.26. The Balaban J connectivity index is 1.79. The third-order valence-electron chi connectivity index (χ3n) is 5.54. The Labute approximate surface area is 171 Å².